The van der Waals surface area contributed by atoms with Crippen molar-refractivity contribution in [2.75, 3.05) is 6.54 Å². The number of aryl methyl sites for hydroxylation is 2. The lowest BCUT2D eigenvalue weighted by molar-refractivity contribution is 0.280. The molecule has 132 valence electrons. The summed E-state index contributed by atoms with van der Waals surface area (Å²) in [6.07, 6.45) is 0. The van der Waals surface area contributed by atoms with Crippen LogP contribution in [0.25, 0.3) is 0 Å². The minimum absolute atomic E-state index is 0. The van der Waals surface area contributed by atoms with Crippen LogP contribution in [-0.2, 0) is 19.7 Å². The number of aliphatic imine (C=N–C) groups is 1. The maximum Gasteiger partial charge on any atom is 0.214 e. The summed E-state index contributed by atoms with van der Waals surface area (Å²) in [6.45, 7) is 7.59. The maximum atomic E-state index is 9.37. The van der Waals surface area contributed by atoms with E-state index < -0.39 is 0 Å². The third-order valence-electron chi connectivity index (χ3n) is 3.52. The summed E-state index contributed by atoms with van der Waals surface area (Å²) in [5.41, 5.74) is 2.81. The minimum Gasteiger partial charge on any atom is -0.444 e. The van der Waals surface area contributed by atoms with E-state index in [2.05, 4.69) is 20.6 Å². The number of nitrogens with one attached hydrogen (secondary N) is 2. The van der Waals surface area contributed by atoms with E-state index in [4.69, 9.17) is 4.42 Å². The van der Waals surface area contributed by atoms with Crippen molar-refractivity contribution in [3.63, 3.8) is 0 Å². The fourth-order valence-electron chi connectivity index (χ4n) is 2.15. The molecule has 6 nitrogen and oxygen atoms in total. The van der Waals surface area contributed by atoms with Gasteiger partial charge in [-0.1, -0.05) is 24.3 Å². The smallest absolute Gasteiger partial charge is 0.214 e. The highest BCUT2D eigenvalue weighted by atomic mass is 127. The third-order valence-corrected chi connectivity index (χ3v) is 3.52. The molecule has 0 amide bonds. The van der Waals surface area contributed by atoms with Crippen LogP contribution in [0.15, 0.2) is 33.7 Å². The predicted octanol–water partition coefficient (Wildman–Crippen LogP) is 2.66. The largest absolute Gasteiger partial charge is 0.444 e. The van der Waals surface area contributed by atoms with Gasteiger partial charge in [0.1, 0.15) is 5.76 Å². The molecule has 1 aromatic heterocycles. The van der Waals surface area contributed by atoms with Crippen LogP contribution in [0, 0.1) is 13.8 Å². The molecule has 0 fully saturated rings. The number of oxazole rings is 1. The number of hydrogen-bond donors (Lipinski definition) is 3. The van der Waals surface area contributed by atoms with Gasteiger partial charge >= 0.3 is 0 Å². The molecule has 3 N–H and O–H groups in total. The zero-order valence-corrected chi connectivity index (χ0v) is 16.6. The van der Waals surface area contributed by atoms with Crippen LogP contribution in [0.3, 0.4) is 0 Å². The lowest BCUT2D eigenvalue weighted by atomic mass is 10.1. The van der Waals surface area contributed by atoms with Crippen molar-refractivity contribution in [1.82, 2.24) is 15.6 Å². The molecule has 0 atom stereocenters. The Morgan fingerprint density at radius 2 is 1.92 bits per heavy atom. The number of rotatable bonds is 6. The van der Waals surface area contributed by atoms with Crippen molar-refractivity contribution < 1.29 is 9.52 Å². The Morgan fingerprint density at radius 3 is 2.50 bits per heavy atom. The van der Waals surface area contributed by atoms with Gasteiger partial charge in [0.25, 0.3) is 0 Å². The van der Waals surface area contributed by atoms with E-state index in [0.29, 0.717) is 24.9 Å². The molecule has 0 bridgehead atoms. The van der Waals surface area contributed by atoms with Crippen molar-refractivity contribution >= 4 is 29.9 Å². The SMILES string of the molecule is CCNC(=NCc1ccccc1CO)NCc1nc(C)c(C)o1.I. The number of aliphatic hydroxyl groups excluding tert-OH is 1. The van der Waals surface area contributed by atoms with Crippen LogP contribution in [0.1, 0.15) is 35.4 Å². The molecule has 0 saturated carbocycles. The summed E-state index contributed by atoms with van der Waals surface area (Å²) >= 11 is 0. The molecule has 2 aromatic rings. The summed E-state index contributed by atoms with van der Waals surface area (Å²) in [5.74, 6) is 2.16. The fourth-order valence-corrected chi connectivity index (χ4v) is 2.15. The van der Waals surface area contributed by atoms with Gasteiger partial charge in [0, 0.05) is 6.54 Å². The number of halogens is 1. The average molecular weight is 444 g/mol. The Hall–Kier alpha value is -1.61. The molecule has 24 heavy (non-hydrogen) atoms. The van der Waals surface area contributed by atoms with Crippen LogP contribution in [0.4, 0.5) is 0 Å². The predicted molar refractivity (Wildman–Crippen MR) is 105 cm³/mol. The minimum atomic E-state index is 0. The van der Waals surface area contributed by atoms with Gasteiger partial charge in [-0.15, -0.1) is 24.0 Å². The molecule has 0 aliphatic carbocycles. The molecule has 0 radical (unpaired) electrons. The number of aliphatic hydroxyl groups is 1. The zero-order chi connectivity index (χ0) is 16.7. The number of nitrogens with zero attached hydrogens (tertiary/aromatic N) is 2. The van der Waals surface area contributed by atoms with Crippen LogP contribution in [0.2, 0.25) is 0 Å². The molecule has 0 aliphatic rings. The van der Waals surface area contributed by atoms with Crippen molar-refractivity contribution in [3.05, 3.63) is 52.7 Å². The first-order valence-corrected chi connectivity index (χ1v) is 7.76. The van der Waals surface area contributed by atoms with E-state index in [9.17, 15) is 5.11 Å². The summed E-state index contributed by atoms with van der Waals surface area (Å²) in [5, 5.41) is 15.8. The third kappa shape index (κ3) is 5.79. The van der Waals surface area contributed by atoms with Crippen molar-refractivity contribution in [3.8, 4) is 0 Å². The number of benzene rings is 1. The molecule has 0 saturated heterocycles. The highest BCUT2D eigenvalue weighted by Crippen LogP contribution is 2.10. The van der Waals surface area contributed by atoms with Crippen molar-refractivity contribution in [2.45, 2.75) is 40.5 Å². The second-order valence-corrected chi connectivity index (χ2v) is 5.22. The monoisotopic (exact) mass is 444 g/mol. The van der Waals surface area contributed by atoms with Crippen LogP contribution in [0.5, 0.6) is 0 Å². The molecule has 7 heteroatoms. The molecule has 1 heterocycles. The van der Waals surface area contributed by atoms with Gasteiger partial charge in [-0.25, -0.2) is 9.98 Å². The first kappa shape index (κ1) is 20.4. The highest BCUT2D eigenvalue weighted by Gasteiger charge is 2.06. The Morgan fingerprint density at radius 1 is 1.21 bits per heavy atom. The molecule has 0 aliphatic heterocycles. The number of guanidine groups is 1. The van der Waals surface area contributed by atoms with Gasteiger partial charge in [-0.05, 0) is 31.9 Å². The standard InChI is InChI=1S/C17H24N4O2.HI/c1-4-18-17(20-10-16-21-12(2)13(3)23-16)19-9-14-7-5-6-8-15(14)11-22;/h5-8,22H,4,9-11H2,1-3H3,(H2,18,19,20);1H. The van der Waals surface area contributed by atoms with E-state index in [1.54, 1.807) is 0 Å². The number of hydrogen-bond acceptors (Lipinski definition) is 4. The Kier molecular flexibility index (Phi) is 8.77. The van der Waals surface area contributed by atoms with Crippen molar-refractivity contribution in [1.29, 1.82) is 0 Å². The van der Waals surface area contributed by atoms with Crippen LogP contribution >= 0.6 is 24.0 Å². The van der Waals surface area contributed by atoms with Gasteiger partial charge in [0.2, 0.25) is 5.89 Å². The molecule has 1 aromatic carbocycles. The average Bonchev–Trinajstić information content (AvgIpc) is 2.88. The highest BCUT2D eigenvalue weighted by molar-refractivity contribution is 14.0. The van der Waals surface area contributed by atoms with E-state index >= 15 is 0 Å². The summed E-state index contributed by atoms with van der Waals surface area (Å²) in [6, 6.07) is 7.74. The van der Waals surface area contributed by atoms with E-state index in [-0.39, 0.29) is 30.6 Å². The van der Waals surface area contributed by atoms with E-state index in [0.717, 1.165) is 29.1 Å². The first-order chi connectivity index (χ1) is 11.1. The number of aromatic nitrogens is 1. The van der Waals surface area contributed by atoms with Crippen LogP contribution < -0.4 is 10.6 Å². The molecule has 0 spiro atoms. The summed E-state index contributed by atoms with van der Waals surface area (Å²) in [4.78, 5) is 8.89. The second kappa shape index (κ2) is 10.3. The first-order valence-electron chi connectivity index (χ1n) is 7.76. The van der Waals surface area contributed by atoms with Gasteiger partial charge < -0.3 is 20.2 Å². The van der Waals surface area contributed by atoms with Gasteiger partial charge in [-0.3, -0.25) is 0 Å². The fraction of sp³-hybridized carbons (Fsp3) is 0.412. The summed E-state index contributed by atoms with van der Waals surface area (Å²) in [7, 11) is 0. The molecule has 0 unspecified atom stereocenters. The Bertz CT molecular complexity index is 651. The quantitative estimate of drug-likeness (QED) is 0.363. The van der Waals surface area contributed by atoms with E-state index in [1.807, 2.05) is 45.0 Å². The topological polar surface area (TPSA) is 82.7 Å². The molecular formula is C17H25IN4O2. The second-order valence-electron chi connectivity index (χ2n) is 5.22. The lowest BCUT2D eigenvalue weighted by Gasteiger charge is -2.10. The Labute approximate surface area is 159 Å². The zero-order valence-electron chi connectivity index (χ0n) is 14.3. The Balaban J connectivity index is 0.00000288. The van der Waals surface area contributed by atoms with Crippen LogP contribution in [-0.4, -0.2) is 22.6 Å². The van der Waals surface area contributed by atoms with Crippen molar-refractivity contribution in [2.24, 2.45) is 4.99 Å². The normalized spacial score (nSPS) is 11.1. The van der Waals surface area contributed by atoms with Gasteiger partial charge in [0.15, 0.2) is 5.96 Å². The summed E-state index contributed by atoms with van der Waals surface area (Å²) < 4.78 is 5.55. The molecular weight excluding hydrogens is 419 g/mol. The van der Waals surface area contributed by atoms with Gasteiger partial charge in [-0.2, -0.15) is 0 Å². The lowest BCUT2D eigenvalue weighted by Crippen LogP contribution is -2.36. The maximum absolute atomic E-state index is 9.37. The van der Waals surface area contributed by atoms with E-state index in [1.165, 1.54) is 0 Å². The molecule has 2 rings (SSSR count). The van der Waals surface area contributed by atoms with Gasteiger partial charge in [0.05, 0.1) is 25.4 Å².